The second-order valence-corrected chi connectivity index (χ2v) is 7.33. The molecule has 2 aliphatic rings. The van der Waals surface area contributed by atoms with Crippen LogP contribution in [0, 0.1) is 0 Å². The SMILES string of the molecule is CC1OS2(OC(C)c3ccccc32)c2ccccc21. The molecule has 0 saturated heterocycles. The molecule has 0 bridgehead atoms. The fraction of sp³-hybridized carbons (Fsp3) is 0.250. The van der Waals surface area contributed by atoms with Crippen LogP contribution < -0.4 is 0 Å². The van der Waals surface area contributed by atoms with E-state index in [1.54, 1.807) is 0 Å². The van der Waals surface area contributed by atoms with E-state index in [0.29, 0.717) is 0 Å². The minimum Gasteiger partial charge on any atom is -0.267 e. The summed E-state index contributed by atoms with van der Waals surface area (Å²) in [5, 5.41) is 0. The zero-order valence-corrected chi connectivity index (χ0v) is 11.8. The average molecular weight is 272 g/mol. The van der Waals surface area contributed by atoms with E-state index < -0.39 is 10.6 Å². The van der Waals surface area contributed by atoms with E-state index in [0.717, 1.165) is 0 Å². The Balaban J connectivity index is 1.99. The first-order chi connectivity index (χ1) is 9.22. The first-order valence-electron chi connectivity index (χ1n) is 6.60. The van der Waals surface area contributed by atoms with Crippen molar-refractivity contribution in [3.63, 3.8) is 0 Å². The zero-order chi connectivity index (χ0) is 13.0. The van der Waals surface area contributed by atoms with Crippen LogP contribution in [-0.4, -0.2) is 0 Å². The van der Waals surface area contributed by atoms with Gasteiger partial charge in [0, 0.05) is 11.1 Å². The predicted octanol–water partition coefficient (Wildman–Crippen LogP) is 4.92. The van der Waals surface area contributed by atoms with E-state index in [1.165, 1.54) is 20.9 Å². The van der Waals surface area contributed by atoms with E-state index in [1.807, 2.05) is 0 Å². The first-order valence-corrected chi connectivity index (χ1v) is 8.08. The van der Waals surface area contributed by atoms with Crippen molar-refractivity contribution in [3.8, 4) is 0 Å². The fourth-order valence-corrected chi connectivity index (χ4v) is 6.30. The summed E-state index contributed by atoms with van der Waals surface area (Å²) in [4.78, 5) is 2.47. The third kappa shape index (κ3) is 1.41. The second kappa shape index (κ2) is 3.85. The maximum absolute atomic E-state index is 6.34. The summed E-state index contributed by atoms with van der Waals surface area (Å²) in [6.07, 6.45) is 0.203. The van der Waals surface area contributed by atoms with Gasteiger partial charge >= 0.3 is 0 Å². The summed E-state index contributed by atoms with van der Waals surface area (Å²) >= 11 is 0. The van der Waals surface area contributed by atoms with Crippen molar-refractivity contribution in [2.75, 3.05) is 0 Å². The molecule has 2 aromatic carbocycles. The van der Waals surface area contributed by atoms with Crippen molar-refractivity contribution >= 4 is 10.6 Å². The molecule has 2 aromatic rings. The summed E-state index contributed by atoms with van der Waals surface area (Å²) in [6.45, 7) is 4.21. The lowest BCUT2D eigenvalue weighted by Crippen LogP contribution is -1.99. The maximum Gasteiger partial charge on any atom is 0.107 e. The molecule has 4 rings (SSSR count). The van der Waals surface area contributed by atoms with Crippen molar-refractivity contribution in [2.45, 2.75) is 35.8 Å². The molecule has 0 aliphatic carbocycles. The lowest BCUT2D eigenvalue weighted by molar-refractivity contribution is 0.196. The Bertz CT molecular complexity index is 595. The van der Waals surface area contributed by atoms with Gasteiger partial charge in [0.25, 0.3) is 0 Å². The number of rotatable bonds is 0. The van der Waals surface area contributed by atoms with Crippen LogP contribution in [0.3, 0.4) is 0 Å². The molecule has 2 unspecified atom stereocenters. The smallest absolute Gasteiger partial charge is 0.107 e. The summed E-state index contributed by atoms with van der Waals surface area (Å²) in [7, 11) is -1.74. The molecule has 0 fully saturated rings. The largest absolute Gasteiger partial charge is 0.267 e. The van der Waals surface area contributed by atoms with E-state index in [-0.39, 0.29) is 12.2 Å². The first kappa shape index (κ1) is 11.5. The van der Waals surface area contributed by atoms with Crippen molar-refractivity contribution in [1.82, 2.24) is 0 Å². The number of hydrogen-bond donors (Lipinski definition) is 0. The van der Waals surface area contributed by atoms with E-state index in [9.17, 15) is 0 Å². The minimum atomic E-state index is -1.74. The van der Waals surface area contributed by atoms with Gasteiger partial charge in [0.1, 0.15) is 12.2 Å². The van der Waals surface area contributed by atoms with Gasteiger partial charge in [-0.2, -0.15) is 0 Å². The molecule has 0 radical (unpaired) electrons. The summed E-state index contributed by atoms with van der Waals surface area (Å²) in [6, 6.07) is 16.9. The van der Waals surface area contributed by atoms with Gasteiger partial charge in [-0.15, -0.1) is 10.6 Å². The van der Waals surface area contributed by atoms with Crippen molar-refractivity contribution < 1.29 is 8.37 Å². The quantitative estimate of drug-likeness (QED) is 0.677. The number of hydrogen-bond acceptors (Lipinski definition) is 2. The molecule has 0 amide bonds. The molecule has 1 spiro atoms. The van der Waals surface area contributed by atoms with Gasteiger partial charge in [-0.05, 0) is 26.0 Å². The Hall–Kier alpha value is -1.29. The molecule has 3 heteroatoms. The Morgan fingerprint density at radius 3 is 1.63 bits per heavy atom. The van der Waals surface area contributed by atoms with Gasteiger partial charge < -0.3 is 0 Å². The molecule has 2 heterocycles. The van der Waals surface area contributed by atoms with Crippen LogP contribution in [0.4, 0.5) is 0 Å². The monoisotopic (exact) mass is 272 g/mol. The Morgan fingerprint density at radius 1 is 0.737 bits per heavy atom. The molecule has 19 heavy (non-hydrogen) atoms. The highest BCUT2D eigenvalue weighted by Crippen LogP contribution is 2.77. The standard InChI is InChI=1S/C16H16O2S/c1-11-13-7-3-5-9-15(13)19(17-11)16-10-6-4-8-14(16)12(2)18-19/h3-12H,1-2H3. The van der Waals surface area contributed by atoms with Gasteiger partial charge in [0.15, 0.2) is 0 Å². The lowest BCUT2D eigenvalue weighted by atomic mass is 10.1. The van der Waals surface area contributed by atoms with Crippen molar-refractivity contribution in [3.05, 3.63) is 59.7 Å². The zero-order valence-electron chi connectivity index (χ0n) is 11.0. The molecule has 2 nitrogen and oxygen atoms in total. The normalized spacial score (nSPS) is 34.8. The fourth-order valence-electron chi connectivity index (χ4n) is 2.98. The van der Waals surface area contributed by atoms with Crippen molar-refractivity contribution in [2.24, 2.45) is 0 Å². The van der Waals surface area contributed by atoms with Gasteiger partial charge in [-0.1, -0.05) is 36.4 Å². The summed E-state index contributed by atoms with van der Waals surface area (Å²) in [5.74, 6) is 0. The van der Waals surface area contributed by atoms with Crippen LogP contribution in [0.15, 0.2) is 58.3 Å². The highest BCUT2D eigenvalue weighted by Gasteiger charge is 2.45. The van der Waals surface area contributed by atoms with Gasteiger partial charge in [-0.3, -0.25) is 8.37 Å². The van der Waals surface area contributed by atoms with E-state index in [2.05, 4.69) is 62.4 Å². The Labute approximate surface area is 115 Å². The van der Waals surface area contributed by atoms with Crippen LogP contribution in [0.2, 0.25) is 0 Å². The van der Waals surface area contributed by atoms with Gasteiger partial charge in [0.05, 0.1) is 9.79 Å². The van der Waals surface area contributed by atoms with Gasteiger partial charge in [0.2, 0.25) is 0 Å². The predicted molar refractivity (Wildman–Crippen MR) is 76.0 cm³/mol. The van der Waals surface area contributed by atoms with Crippen LogP contribution >= 0.6 is 10.6 Å². The van der Waals surface area contributed by atoms with Crippen LogP contribution in [0.5, 0.6) is 0 Å². The number of benzene rings is 2. The van der Waals surface area contributed by atoms with Crippen LogP contribution in [0.25, 0.3) is 0 Å². The third-order valence-electron chi connectivity index (χ3n) is 3.85. The second-order valence-electron chi connectivity index (χ2n) is 5.06. The molecule has 0 saturated carbocycles. The van der Waals surface area contributed by atoms with Crippen molar-refractivity contribution in [1.29, 1.82) is 0 Å². The molecule has 0 N–H and O–H groups in total. The Morgan fingerprint density at radius 2 is 1.16 bits per heavy atom. The maximum atomic E-state index is 6.34. The molecular weight excluding hydrogens is 256 g/mol. The Kier molecular flexibility index (Phi) is 2.34. The molecule has 98 valence electrons. The topological polar surface area (TPSA) is 18.5 Å². The molecule has 2 atom stereocenters. The highest BCUT2D eigenvalue weighted by atomic mass is 32.3. The van der Waals surface area contributed by atoms with E-state index >= 15 is 0 Å². The van der Waals surface area contributed by atoms with Crippen LogP contribution in [-0.2, 0) is 8.37 Å². The van der Waals surface area contributed by atoms with Gasteiger partial charge in [-0.25, -0.2) is 0 Å². The third-order valence-corrected chi connectivity index (χ3v) is 6.87. The molecular formula is C16H16O2S. The lowest BCUT2D eigenvalue weighted by Gasteiger charge is -2.36. The summed E-state index contributed by atoms with van der Waals surface area (Å²) < 4.78 is 12.7. The minimum absolute atomic E-state index is 0.101. The summed E-state index contributed by atoms with van der Waals surface area (Å²) in [5.41, 5.74) is 2.53. The molecule has 0 aromatic heterocycles. The molecule has 2 aliphatic heterocycles. The number of fused-ring (bicyclic) bond motifs is 4. The average Bonchev–Trinajstić information content (AvgIpc) is 2.88. The highest BCUT2D eigenvalue weighted by molar-refractivity contribution is 8.26. The van der Waals surface area contributed by atoms with E-state index in [4.69, 9.17) is 8.37 Å². The van der Waals surface area contributed by atoms with Crippen LogP contribution in [0.1, 0.15) is 37.2 Å².